The van der Waals surface area contributed by atoms with Gasteiger partial charge in [0.2, 0.25) is 11.9 Å². The molecule has 0 radical (unpaired) electrons. The predicted octanol–water partition coefficient (Wildman–Crippen LogP) is 5.56. The number of benzene rings is 1. The SMILES string of the molecule is CCOC=Cc1cc(COCC2CC(F)(F)C2)nc(Nc2ccc(-c3cnnc(C)c3)c(OC)c2)n1. The highest BCUT2D eigenvalue weighted by molar-refractivity contribution is 5.74. The van der Waals surface area contributed by atoms with Crippen molar-refractivity contribution in [3.8, 4) is 16.9 Å². The van der Waals surface area contributed by atoms with Gasteiger partial charge < -0.3 is 19.5 Å². The Morgan fingerprint density at radius 3 is 2.72 bits per heavy atom. The average molecular weight is 498 g/mol. The molecule has 1 aliphatic rings. The molecule has 10 heteroatoms. The van der Waals surface area contributed by atoms with E-state index in [0.717, 1.165) is 22.5 Å². The Morgan fingerprint density at radius 2 is 2.00 bits per heavy atom. The maximum absolute atomic E-state index is 13.1. The van der Waals surface area contributed by atoms with Gasteiger partial charge in [-0.3, -0.25) is 0 Å². The number of hydrogen-bond acceptors (Lipinski definition) is 8. The zero-order valence-electron chi connectivity index (χ0n) is 20.5. The van der Waals surface area contributed by atoms with Crippen LogP contribution < -0.4 is 10.1 Å². The molecule has 1 aliphatic carbocycles. The second-order valence-corrected chi connectivity index (χ2v) is 8.64. The van der Waals surface area contributed by atoms with Gasteiger partial charge in [0, 0.05) is 35.7 Å². The maximum atomic E-state index is 13.1. The van der Waals surface area contributed by atoms with Gasteiger partial charge in [-0.2, -0.15) is 10.2 Å². The van der Waals surface area contributed by atoms with Gasteiger partial charge in [-0.1, -0.05) is 0 Å². The van der Waals surface area contributed by atoms with Crippen LogP contribution in [0, 0.1) is 12.8 Å². The summed E-state index contributed by atoms with van der Waals surface area (Å²) in [7, 11) is 1.60. The molecule has 0 saturated heterocycles. The highest BCUT2D eigenvalue weighted by atomic mass is 19.3. The zero-order valence-corrected chi connectivity index (χ0v) is 20.5. The van der Waals surface area contributed by atoms with Crippen LogP contribution >= 0.6 is 0 Å². The third kappa shape index (κ3) is 6.72. The minimum absolute atomic E-state index is 0.123. The normalized spacial score (nSPS) is 15.0. The van der Waals surface area contributed by atoms with E-state index >= 15 is 0 Å². The highest BCUT2D eigenvalue weighted by Crippen LogP contribution is 2.42. The summed E-state index contributed by atoms with van der Waals surface area (Å²) in [5, 5.41) is 11.2. The van der Waals surface area contributed by atoms with Gasteiger partial charge in [-0.05, 0) is 50.1 Å². The Kier molecular flexibility index (Phi) is 8.04. The largest absolute Gasteiger partial charge is 0.501 e. The lowest BCUT2D eigenvalue weighted by Crippen LogP contribution is -2.37. The molecule has 36 heavy (non-hydrogen) atoms. The van der Waals surface area contributed by atoms with Gasteiger partial charge in [-0.15, -0.1) is 0 Å². The molecular formula is C26H29F2N5O3. The lowest BCUT2D eigenvalue weighted by atomic mass is 9.82. The summed E-state index contributed by atoms with van der Waals surface area (Å²) in [4.78, 5) is 9.08. The number of aromatic nitrogens is 4. The van der Waals surface area contributed by atoms with Crippen molar-refractivity contribution in [2.24, 2.45) is 5.92 Å². The van der Waals surface area contributed by atoms with E-state index in [4.69, 9.17) is 14.2 Å². The Labute approximate surface area is 208 Å². The summed E-state index contributed by atoms with van der Waals surface area (Å²) in [5.74, 6) is -1.66. The standard InChI is InChI=1S/C26H29F2N5O3/c1-4-35-8-7-21-10-22(16-36-15-18-12-26(27,28)13-18)32-25(31-21)30-20-5-6-23(24(11-20)34-3)19-9-17(2)33-29-14-19/h5-11,14,18H,4,12-13,15-16H2,1-3H3,(H,30,31,32). The molecule has 2 heterocycles. The van der Waals surface area contributed by atoms with Gasteiger partial charge in [0.25, 0.3) is 0 Å². The van der Waals surface area contributed by atoms with Crippen molar-refractivity contribution in [1.29, 1.82) is 0 Å². The average Bonchev–Trinajstić information content (AvgIpc) is 2.83. The molecule has 2 aromatic heterocycles. The van der Waals surface area contributed by atoms with Crippen molar-refractivity contribution in [2.75, 3.05) is 25.6 Å². The summed E-state index contributed by atoms with van der Waals surface area (Å²) < 4.78 is 42.7. The second kappa shape index (κ2) is 11.4. The first-order valence-corrected chi connectivity index (χ1v) is 11.7. The van der Waals surface area contributed by atoms with Gasteiger partial charge >= 0.3 is 0 Å². The first kappa shape index (κ1) is 25.4. The van der Waals surface area contributed by atoms with Crippen LogP contribution in [0.5, 0.6) is 5.75 Å². The quantitative estimate of drug-likeness (QED) is 0.344. The molecule has 4 rings (SSSR count). The molecule has 0 spiro atoms. The highest BCUT2D eigenvalue weighted by Gasteiger charge is 2.45. The number of rotatable bonds is 11. The molecular weight excluding hydrogens is 468 g/mol. The molecule has 190 valence electrons. The van der Waals surface area contributed by atoms with Gasteiger partial charge in [0.15, 0.2) is 0 Å². The molecule has 1 aromatic carbocycles. The number of ether oxygens (including phenoxy) is 3. The summed E-state index contributed by atoms with van der Waals surface area (Å²) in [6, 6.07) is 9.39. The number of halogens is 2. The van der Waals surface area contributed by atoms with Crippen LogP contribution in [0.4, 0.5) is 20.4 Å². The van der Waals surface area contributed by atoms with Crippen LogP contribution in [-0.2, 0) is 16.1 Å². The van der Waals surface area contributed by atoms with E-state index in [2.05, 4.69) is 25.5 Å². The van der Waals surface area contributed by atoms with Crippen LogP contribution in [0.15, 0.2) is 42.8 Å². The van der Waals surface area contributed by atoms with Crippen LogP contribution in [0.25, 0.3) is 17.2 Å². The van der Waals surface area contributed by atoms with Crippen molar-refractivity contribution < 1.29 is 23.0 Å². The van der Waals surface area contributed by atoms with Crippen molar-refractivity contribution in [2.45, 2.75) is 39.2 Å². The number of methoxy groups -OCH3 is 1. The van der Waals surface area contributed by atoms with Crippen molar-refractivity contribution in [3.63, 3.8) is 0 Å². The molecule has 1 fully saturated rings. The number of aryl methyl sites for hydroxylation is 1. The molecule has 1 N–H and O–H groups in total. The van der Waals surface area contributed by atoms with Crippen molar-refractivity contribution in [3.05, 3.63) is 59.9 Å². The van der Waals surface area contributed by atoms with Crippen LogP contribution in [0.3, 0.4) is 0 Å². The molecule has 0 aliphatic heterocycles. The fraction of sp³-hybridized carbons (Fsp3) is 0.385. The Hall–Kier alpha value is -3.66. The smallest absolute Gasteiger partial charge is 0.248 e. The maximum Gasteiger partial charge on any atom is 0.248 e. The number of alkyl halides is 2. The summed E-state index contributed by atoms with van der Waals surface area (Å²) in [5.41, 5.74) is 4.56. The first-order chi connectivity index (χ1) is 17.3. The molecule has 0 bridgehead atoms. The molecule has 8 nitrogen and oxygen atoms in total. The molecule has 0 amide bonds. The second-order valence-electron chi connectivity index (χ2n) is 8.64. The monoisotopic (exact) mass is 497 g/mol. The zero-order chi connectivity index (χ0) is 25.5. The Balaban J connectivity index is 1.51. The van der Waals surface area contributed by atoms with E-state index in [0.29, 0.717) is 29.7 Å². The van der Waals surface area contributed by atoms with Crippen LogP contribution in [0.1, 0.15) is 36.8 Å². The Bertz CT molecular complexity index is 1210. The van der Waals surface area contributed by atoms with E-state index in [1.54, 1.807) is 31.7 Å². The van der Waals surface area contributed by atoms with E-state index in [-0.39, 0.29) is 32.0 Å². The lowest BCUT2D eigenvalue weighted by molar-refractivity contribution is -0.129. The fourth-order valence-electron chi connectivity index (χ4n) is 3.94. The van der Waals surface area contributed by atoms with Gasteiger partial charge in [0.1, 0.15) is 5.75 Å². The number of hydrogen-bond donors (Lipinski definition) is 1. The van der Waals surface area contributed by atoms with E-state index < -0.39 is 5.92 Å². The van der Waals surface area contributed by atoms with Crippen molar-refractivity contribution in [1.82, 2.24) is 20.2 Å². The number of nitrogens with one attached hydrogen (secondary N) is 1. The fourth-order valence-corrected chi connectivity index (χ4v) is 3.94. The third-order valence-electron chi connectivity index (χ3n) is 5.62. The van der Waals surface area contributed by atoms with Crippen LogP contribution in [0.2, 0.25) is 0 Å². The summed E-state index contributed by atoms with van der Waals surface area (Å²) in [6.45, 7) is 4.76. The molecule has 0 atom stereocenters. The Morgan fingerprint density at radius 1 is 1.17 bits per heavy atom. The van der Waals surface area contributed by atoms with Crippen LogP contribution in [-0.4, -0.2) is 46.4 Å². The van der Waals surface area contributed by atoms with E-state index in [9.17, 15) is 8.78 Å². The minimum atomic E-state index is -2.55. The van der Waals surface area contributed by atoms with Gasteiger partial charge in [0.05, 0.1) is 56.5 Å². The third-order valence-corrected chi connectivity index (χ3v) is 5.62. The topological polar surface area (TPSA) is 91.3 Å². The molecule has 1 saturated carbocycles. The lowest BCUT2D eigenvalue weighted by Gasteiger charge is -2.34. The molecule has 0 unspecified atom stereocenters. The van der Waals surface area contributed by atoms with E-state index in [1.165, 1.54) is 0 Å². The predicted molar refractivity (Wildman–Crippen MR) is 132 cm³/mol. The minimum Gasteiger partial charge on any atom is -0.501 e. The first-order valence-electron chi connectivity index (χ1n) is 11.7. The number of nitrogens with zero attached hydrogens (tertiary/aromatic N) is 4. The summed E-state index contributed by atoms with van der Waals surface area (Å²) in [6.07, 6.45) is 4.73. The summed E-state index contributed by atoms with van der Waals surface area (Å²) >= 11 is 0. The van der Waals surface area contributed by atoms with Crippen molar-refractivity contribution >= 4 is 17.7 Å². The van der Waals surface area contributed by atoms with E-state index in [1.807, 2.05) is 38.1 Å². The van der Waals surface area contributed by atoms with Gasteiger partial charge in [-0.25, -0.2) is 18.7 Å². The molecule has 3 aromatic rings. The number of anilines is 2.